The lowest BCUT2D eigenvalue weighted by atomic mass is 10.4. The van der Waals surface area contributed by atoms with Gasteiger partial charge in [0, 0.05) is 13.1 Å². The Kier molecular flexibility index (Phi) is 4.79. The van der Waals surface area contributed by atoms with Gasteiger partial charge in [0.1, 0.15) is 4.83 Å². The molecule has 0 unspecified atom stereocenters. The van der Waals surface area contributed by atoms with Crippen molar-refractivity contribution in [2.45, 2.75) is 11.7 Å². The SMILES string of the molecule is CN(C)CCn1c(SCC(=O)O)nc2sccc2c1=O. The fourth-order valence-electron chi connectivity index (χ4n) is 1.66. The largest absolute Gasteiger partial charge is 0.481 e. The molecule has 108 valence electrons. The summed E-state index contributed by atoms with van der Waals surface area (Å²) in [6.07, 6.45) is 0. The van der Waals surface area contributed by atoms with Gasteiger partial charge in [0.15, 0.2) is 5.16 Å². The molecule has 20 heavy (non-hydrogen) atoms. The van der Waals surface area contributed by atoms with E-state index in [4.69, 9.17) is 5.11 Å². The monoisotopic (exact) mass is 313 g/mol. The Labute approximate surface area is 124 Å². The summed E-state index contributed by atoms with van der Waals surface area (Å²) in [5.74, 6) is -1.03. The van der Waals surface area contributed by atoms with Crippen LogP contribution >= 0.6 is 23.1 Å². The quantitative estimate of drug-likeness (QED) is 0.638. The molecule has 0 aromatic carbocycles. The summed E-state index contributed by atoms with van der Waals surface area (Å²) in [6, 6.07) is 1.76. The third-order valence-electron chi connectivity index (χ3n) is 2.64. The highest BCUT2D eigenvalue weighted by Crippen LogP contribution is 2.20. The van der Waals surface area contributed by atoms with E-state index in [2.05, 4.69) is 4.98 Å². The lowest BCUT2D eigenvalue weighted by Gasteiger charge is -2.14. The first kappa shape index (κ1) is 15.0. The maximum Gasteiger partial charge on any atom is 0.313 e. The van der Waals surface area contributed by atoms with Gasteiger partial charge in [-0.25, -0.2) is 4.98 Å². The zero-order valence-corrected chi connectivity index (χ0v) is 12.8. The molecule has 0 aliphatic carbocycles. The second-order valence-corrected chi connectivity index (χ2v) is 6.31. The van der Waals surface area contributed by atoms with E-state index < -0.39 is 5.97 Å². The molecule has 2 heterocycles. The van der Waals surface area contributed by atoms with E-state index in [0.717, 1.165) is 11.8 Å². The van der Waals surface area contributed by atoms with Crippen molar-refractivity contribution in [3.05, 3.63) is 21.8 Å². The predicted octanol–water partition coefficient (Wildman–Crippen LogP) is 1.20. The first-order valence-electron chi connectivity index (χ1n) is 5.96. The highest BCUT2D eigenvalue weighted by molar-refractivity contribution is 7.99. The van der Waals surface area contributed by atoms with Gasteiger partial charge in [0.25, 0.3) is 5.56 Å². The van der Waals surface area contributed by atoms with Gasteiger partial charge in [-0.1, -0.05) is 11.8 Å². The van der Waals surface area contributed by atoms with Crippen molar-refractivity contribution in [3.8, 4) is 0 Å². The number of rotatable bonds is 6. The molecule has 1 N–H and O–H groups in total. The summed E-state index contributed by atoms with van der Waals surface area (Å²) in [5.41, 5.74) is -0.106. The molecule has 6 nitrogen and oxygen atoms in total. The number of aromatic nitrogens is 2. The van der Waals surface area contributed by atoms with Gasteiger partial charge in [-0.3, -0.25) is 14.2 Å². The zero-order valence-electron chi connectivity index (χ0n) is 11.2. The Bertz CT molecular complexity index is 678. The van der Waals surface area contributed by atoms with E-state index in [1.165, 1.54) is 11.3 Å². The predicted molar refractivity (Wildman–Crippen MR) is 80.8 cm³/mol. The highest BCUT2D eigenvalue weighted by Gasteiger charge is 2.13. The third-order valence-corrected chi connectivity index (χ3v) is 4.41. The number of carboxylic acids is 1. The second-order valence-electron chi connectivity index (χ2n) is 4.48. The molecule has 0 bridgehead atoms. The molecule has 0 aliphatic heterocycles. The van der Waals surface area contributed by atoms with Crippen LogP contribution in [0.3, 0.4) is 0 Å². The van der Waals surface area contributed by atoms with Gasteiger partial charge in [0.05, 0.1) is 11.1 Å². The Balaban J connectivity index is 2.42. The van der Waals surface area contributed by atoms with Crippen LogP contribution in [0.5, 0.6) is 0 Å². The molecule has 2 aromatic heterocycles. The second kappa shape index (κ2) is 6.38. The molecule has 2 aromatic rings. The molecule has 8 heteroatoms. The van der Waals surface area contributed by atoms with Gasteiger partial charge in [-0.2, -0.15) is 0 Å². The van der Waals surface area contributed by atoms with Gasteiger partial charge >= 0.3 is 5.97 Å². The standard InChI is InChI=1S/C12H15N3O3S2/c1-14(2)4-5-15-11(18)8-3-6-19-10(8)13-12(15)20-7-9(16)17/h3,6H,4-5,7H2,1-2H3,(H,16,17). The summed E-state index contributed by atoms with van der Waals surface area (Å²) in [6.45, 7) is 1.18. The number of carbonyl (C=O) groups is 1. The summed E-state index contributed by atoms with van der Waals surface area (Å²) in [4.78, 5) is 30.2. The van der Waals surface area contributed by atoms with E-state index >= 15 is 0 Å². The zero-order chi connectivity index (χ0) is 14.7. The highest BCUT2D eigenvalue weighted by atomic mass is 32.2. The van der Waals surface area contributed by atoms with Crippen LogP contribution < -0.4 is 5.56 Å². The van der Waals surface area contributed by atoms with Crippen molar-refractivity contribution in [2.75, 3.05) is 26.4 Å². The average Bonchev–Trinajstić information content (AvgIpc) is 2.83. The molecular weight excluding hydrogens is 298 g/mol. The number of thiophene rings is 1. The number of hydrogen-bond acceptors (Lipinski definition) is 6. The van der Waals surface area contributed by atoms with Crippen LogP contribution in [0.25, 0.3) is 10.2 Å². The number of thioether (sulfide) groups is 1. The number of carboxylic acid groups (broad SMARTS) is 1. The Morgan fingerprint density at radius 2 is 2.30 bits per heavy atom. The fourth-order valence-corrected chi connectivity index (χ4v) is 3.21. The van der Waals surface area contributed by atoms with Crippen LogP contribution in [0.15, 0.2) is 21.4 Å². The summed E-state index contributed by atoms with van der Waals surface area (Å²) in [5, 5.41) is 11.7. The van der Waals surface area contributed by atoms with Gasteiger partial charge in [0.2, 0.25) is 0 Å². The van der Waals surface area contributed by atoms with Crippen molar-refractivity contribution >= 4 is 39.3 Å². The number of likely N-dealkylation sites (N-methyl/N-ethyl adjacent to an activating group) is 1. The van der Waals surface area contributed by atoms with Crippen LogP contribution in [0, 0.1) is 0 Å². The van der Waals surface area contributed by atoms with E-state index in [1.54, 1.807) is 10.6 Å². The van der Waals surface area contributed by atoms with Crippen LogP contribution in [-0.2, 0) is 11.3 Å². The lowest BCUT2D eigenvalue weighted by Crippen LogP contribution is -2.28. The molecule has 0 saturated heterocycles. The topological polar surface area (TPSA) is 75.4 Å². The maximum absolute atomic E-state index is 12.4. The van der Waals surface area contributed by atoms with Crippen LogP contribution in [0.1, 0.15) is 0 Å². The molecule has 0 atom stereocenters. The molecule has 0 fully saturated rings. The Hall–Kier alpha value is -1.38. The number of aliphatic carboxylic acids is 1. The average molecular weight is 313 g/mol. The fraction of sp³-hybridized carbons (Fsp3) is 0.417. The van der Waals surface area contributed by atoms with E-state index in [1.807, 2.05) is 24.4 Å². The molecule has 2 rings (SSSR count). The minimum Gasteiger partial charge on any atom is -0.481 e. The lowest BCUT2D eigenvalue weighted by molar-refractivity contribution is -0.133. The van der Waals surface area contributed by atoms with Crippen molar-refractivity contribution in [2.24, 2.45) is 0 Å². The van der Waals surface area contributed by atoms with Crippen molar-refractivity contribution < 1.29 is 9.90 Å². The van der Waals surface area contributed by atoms with E-state index in [0.29, 0.717) is 28.5 Å². The molecule has 0 aliphatic rings. The van der Waals surface area contributed by atoms with Gasteiger partial charge in [-0.15, -0.1) is 11.3 Å². The first-order valence-corrected chi connectivity index (χ1v) is 7.83. The number of hydrogen-bond donors (Lipinski definition) is 1. The minimum atomic E-state index is -0.922. The number of fused-ring (bicyclic) bond motifs is 1. The molecular formula is C12H15N3O3S2. The molecule has 0 amide bonds. The van der Waals surface area contributed by atoms with E-state index in [-0.39, 0.29) is 11.3 Å². The third kappa shape index (κ3) is 3.38. The van der Waals surface area contributed by atoms with E-state index in [9.17, 15) is 9.59 Å². The Morgan fingerprint density at radius 3 is 2.95 bits per heavy atom. The molecule has 0 saturated carbocycles. The molecule has 0 radical (unpaired) electrons. The summed E-state index contributed by atoms with van der Waals surface area (Å²) >= 11 is 2.47. The first-order chi connectivity index (χ1) is 9.49. The maximum atomic E-state index is 12.4. The molecule has 0 spiro atoms. The normalized spacial score (nSPS) is 11.3. The smallest absolute Gasteiger partial charge is 0.313 e. The van der Waals surface area contributed by atoms with Gasteiger partial charge < -0.3 is 10.0 Å². The van der Waals surface area contributed by atoms with Crippen LogP contribution in [0.2, 0.25) is 0 Å². The Morgan fingerprint density at radius 1 is 1.55 bits per heavy atom. The van der Waals surface area contributed by atoms with Crippen molar-refractivity contribution in [1.82, 2.24) is 14.5 Å². The van der Waals surface area contributed by atoms with Crippen molar-refractivity contribution in [3.63, 3.8) is 0 Å². The van der Waals surface area contributed by atoms with Crippen LogP contribution in [-0.4, -0.2) is 51.9 Å². The minimum absolute atomic E-state index is 0.106. The van der Waals surface area contributed by atoms with Crippen molar-refractivity contribution in [1.29, 1.82) is 0 Å². The number of nitrogens with zero attached hydrogens (tertiary/aromatic N) is 3. The van der Waals surface area contributed by atoms with Gasteiger partial charge in [-0.05, 0) is 25.5 Å². The summed E-state index contributed by atoms with van der Waals surface area (Å²) in [7, 11) is 3.84. The summed E-state index contributed by atoms with van der Waals surface area (Å²) < 4.78 is 1.56. The van der Waals surface area contributed by atoms with Crippen LogP contribution in [0.4, 0.5) is 0 Å².